The molecule has 0 aromatic heterocycles. The van der Waals surface area contributed by atoms with E-state index >= 15 is 0 Å². The van der Waals surface area contributed by atoms with Crippen LogP contribution < -0.4 is 0 Å². The first-order valence-corrected chi connectivity index (χ1v) is 10.4. The SMILES string of the molecule is COC(c1ccccc1)(c1ccccc1)C1CN(C)CCN1C.O=C(O)C(=O)O.O=C(O)C(=O)O. The van der Waals surface area contributed by atoms with Crippen molar-refractivity contribution in [1.29, 1.82) is 0 Å². The average molecular weight is 491 g/mol. The van der Waals surface area contributed by atoms with Gasteiger partial charge < -0.3 is 30.1 Å². The molecule has 11 nitrogen and oxygen atoms in total. The van der Waals surface area contributed by atoms with Gasteiger partial charge in [0, 0.05) is 26.7 Å². The summed E-state index contributed by atoms with van der Waals surface area (Å²) in [7, 11) is 6.23. The molecule has 1 aliphatic rings. The van der Waals surface area contributed by atoms with Crippen LogP contribution in [0.1, 0.15) is 11.1 Å². The molecule has 1 unspecified atom stereocenters. The zero-order valence-electron chi connectivity index (χ0n) is 19.7. The van der Waals surface area contributed by atoms with Crippen molar-refractivity contribution in [1.82, 2.24) is 9.80 Å². The number of carboxylic acids is 4. The van der Waals surface area contributed by atoms with Crippen molar-refractivity contribution in [2.75, 3.05) is 40.8 Å². The minimum atomic E-state index is -1.82. The minimum absolute atomic E-state index is 0.260. The van der Waals surface area contributed by atoms with Crippen LogP contribution in [0.15, 0.2) is 60.7 Å². The van der Waals surface area contributed by atoms with Gasteiger partial charge in [-0.15, -0.1) is 0 Å². The molecule has 1 aliphatic heterocycles. The predicted molar refractivity (Wildman–Crippen MR) is 125 cm³/mol. The van der Waals surface area contributed by atoms with Gasteiger partial charge in [0.05, 0.1) is 6.04 Å². The number of ether oxygens (including phenoxy) is 1. The summed E-state index contributed by atoms with van der Waals surface area (Å²) in [6.07, 6.45) is 0. The molecule has 4 N–H and O–H groups in total. The van der Waals surface area contributed by atoms with Crippen LogP contribution in [0, 0.1) is 0 Å². The molecule has 0 saturated carbocycles. The van der Waals surface area contributed by atoms with Crippen LogP contribution in [0.4, 0.5) is 0 Å². The molecular weight excluding hydrogens is 460 g/mol. The summed E-state index contributed by atoms with van der Waals surface area (Å²) in [6, 6.07) is 21.5. The van der Waals surface area contributed by atoms with Gasteiger partial charge in [-0.05, 0) is 25.2 Å². The van der Waals surface area contributed by atoms with Crippen molar-refractivity contribution < 1.29 is 44.3 Å². The summed E-state index contributed by atoms with van der Waals surface area (Å²) in [5.41, 5.74) is 1.95. The van der Waals surface area contributed by atoms with Crippen molar-refractivity contribution >= 4 is 23.9 Å². The highest BCUT2D eigenvalue weighted by Crippen LogP contribution is 2.39. The Bertz CT molecular complexity index is 896. The Morgan fingerprint density at radius 1 is 0.743 bits per heavy atom. The van der Waals surface area contributed by atoms with E-state index < -0.39 is 29.5 Å². The summed E-state index contributed by atoms with van der Waals surface area (Å²) in [6.45, 7) is 3.12. The smallest absolute Gasteiger partial charge is 0.414 e. The second-order valence-electron chi connectivity index (χ2n) is 7.65. The van der Waals surface area contributed by atoms with Gasteiger partial charge in [0.25, 0.3) is 0 Å². The van der Waals surface area contributed by atoms with Gasteiger partial charge in [0.15, 0.2) is 0 Å². The van der Waals surface area contributed by atoms with Gasteiger partial charge in [-0.25, -0.2) is 19.2 Å². The van der Waals surface area contributed by atoms with Gasteiger partial charge in [0.2, 0.25) is 0 Å². The van der Waals surface area contributed by atoms with E-state index in [4.69, 9.17) is 44.3 Å². The van der Waals surface area contributed by atoms with Crippen LogP contribution in [0.25, 0.3) is 0 Å². The molecule has 0 amide bonds. The lowest BCUT2D eigenvalue weighted by Crippen LogP contribution is -2.60. The normalized spacial score (nSPS) is 16.0. The van der Waals surface area contributed by atoms with E-state index in [0.29, 0.717) is 0 Å². The second-order valence-corrected chi connectivity index (χ2v) is 7.65. The van der Waals surface area contributed by atoms with E-state index in [9.17, 15) is 0 Å². The Kier molecular flexibility index (Phi) is 11.5. The van der Waals surface area contributed by atoms with Gasteiger partial charge in [-0.2, -0.15) is 0 Å². The molecular formula is C24H30N2O9. The van der Waals surface area contributed by atoms with Crippen molar-refractivity contribution in [2.24, 2.45) is 0 Å². The molecule has 3 rings (SSSR count). The third-order valence-electron chi connectivity index (χ3n) is 5.41. The molecule has 0 radical (unpaired) electrons. The van der Waals surface area contributed by atoms with Crippen molar-refractivity contribution in [2.45, 2.75) is 11.6 Å². The number of carbonyl (C=O) groups is 4. The summed E-state index contributed by atoms with van der Waals surface area (Å²) in [5.74, 6) is -7.30. The van der Waals surface area contributed by atoms with E-state index in [1.54, 1.807) is 0 Å². The van der Waals surface area contributed by atoms with E-state index in [1.165, 1.54) is 11.1 Å². The molecule has 0 bridgehead atoms. The maximum atomic E-state index is 9.10. The number of nitrogens with zero attached hydrogens (tertiary/aromatic N) is 2. The zero-order valence-corrected chi connectivity index (χ0v) is 19.7. The number of piperazine rings is 1. The van der Waals surface area contributed by atoms with Gasteiger partial charge in [-0.3, -0.25) is 4.90 Å². The third kappa shape index (κ3) is 8.18. The molecule has 190 valence electrons. The molecule has 1 atom stereocenters. The molecule has 1 saturated heterocycles. The maximum absolute atomic E-state index is 9.10. The molecule has 1 heterocycles. The standard InChI is InChI=1S/C20H26N2O.2C2H2O4/c1-21-14-15-22(2)19(16-21)20(23-3,17-10-6-4-7-11-17)18-12-8-5-9-13-18;2*3-1(4)2(5)6/h4-13,19H,14-16H2,1-3H3;2*(H,3,4)(H,5,6). The van der Waals surface area contributed by atoms with Crippen molar-refractivity contribution in [3.63, 3.8) is 0 Å². The van der Waals surface area contributed by atoms with Crippen LogP contribution in [0.3, 0.4) is 0 Å². The first-order valence-electron chi connectivity index (χ1n) is 10.4. The summed E-state index contributed by atoms with van der Waals surface area (Å²) in [4.78, 5) is 41.2. The Hall–Kier alpha value is -3.80. The summed E-state index contributed by atoms with van der Waals surface area (Å²) < 4.78 is 6.30. The highest BCUT2D eigenvalue weighted by molar-refractivity contribution is 6.27. The number of carboxylic acid groups (broad SMARTS) is 4. The number of benzene rings is 2. The number of likely N-dealkylation sites (N-methyl/N-ethyl adjacent to an activating group) is 2. The highest BCUT2D eigenvalue weighted by atomic mass is 16.5. The topological polar surface area (TPSA) is 165 Å². The quantitative estimate of drug-likeness (QED) is 0.454. The lowest BCUT2D eigenvalue weighted by atomic mass is 9.78. The third-order valence-corrected chi connectivity index (χ3v) is 5.41. The van der Waals surface area contributed by atoms with Crippen molar-refractivity contribution in [3.8, 4) is 0 Å². The summed E-state index contributed by atoms with van der Waals surface area (Å²) in [5, 5.41) is 29.6. The van der Waals surface area contributed by atoms with E-state index in [0.717, 1.165) is 19.6 Å². The largest absolute Gasteiger partial charge is 0.473 e. The van der Waals surface area contributed by atoms with Crippen molar-refractivity contribution in [3.05, 3.63) is 71.8 Å². The first-order chi connectivity index (χ1) is 16.5. The Morgan fingerprint density at radius 3 is 1.43 bits per heavy atom. The Balaban J connectivity index is 0.000000425. The molecule has 1 fully saturated rings. The van der Waals surface area contributed by atoms with Crippen LogP contribution in [-0.2, 0) is 29.5 Å². The monoisotopic (exact) mass is 490 g/mol. The van der Waals surface area contributed by atoms with Gasteiger partial charge in [0.1, 0.15) is 5.60 Å². The van der Waals surface area contributed by atoms with E-state index in [1.807, 2.05) is 7.11 Å². The molecule has 0 spiro atoms. The van der Waals surface area contributed by atoms with E-state index in [-0.39, 0.29) is 6.04 Å². The lowest BCUT2D eigenvalue weighted by molar-refractivity contribution is -0.159. The van der Waals surface area contributed by atoms with Crippen LogP contribution in [0.2, 0.25) is 0 Å². The first kappa shape index (κ1) is 29.2. The fourth-order valence-corrected chi connectivity index (χ4v) is 3.74. The fraction of sp³-hybridized carbons (Fsp3) is 0.333. The molecule has 11 heteroatoms. The van der Waals surface area contributed by atoms with Gasteiger partial charge in [-0.1, -0.05) is 60.7 Å². The van der Waals surface area contributed by atoms with Crippen LogP contribution in [-0.4, -0.2) is 101 Å². The number of hydrogen-bond donors (Lipinski definition) is 4. The lowest BCUT2D eigenvalue weighted by Gasteiger charge is -2.49. The summed E-state index contributed by atoms with van der Waals surface area (Å²) >= 11 is 0. The highest BCUT2D eigenvalue weighted by Gasteiger charge is 2.46. The van der Waals surface area contributed by atoms with Gasteiger partial charge >= 0.3 is 23.9 Å². The Morgan fingerprint density at radius 2 is 1.11 bits per heavy atom. The molecule has 2 aromatic carbocycles. The number of methoxy groups -OCH3 is 1. The van der Waals surface area contributed by atoms with E-state index in [2.05, 4.69) is 84.6 Å². The van der Waals surface area contributed by atoms with Crippen LogP contribution in [0.5, 0.6) is 0 Å². The number of aliphatic carboxylic acids is 4. The van der Waals surface area contributed by atoms with Crippen LogP contribution >= 0.6 is 0 Å². The minimum Gasteiger partial charge on any atom is -0.473 e. The number of rotatable bonds is 4. The predicted octanol–water partition coefficient (Wildman–Crippen LogP) is 1.13. The average Bonchev–Trinajstić information content (AvgIpc) is 2.84. The maximum Gasteiger partial charge on any atom is 0.414 e. The number of hydrogen-bond acceptors (Lipinski definition) is 7. The molecule has 2 aromatic rings. The molecule has 0 aliphatic carbocycles. The molecule has 35 heavy (non-hydrogen) atoms. The second kappa shape index (κ2) is 13.8. The zero-order chi connectivity index (χ0) is 26.6. The Labute approximate surface area is 202 Å². The fourth-order valence-electron chi connectivity index (χ4n) is 3.74.